The summed E-state index contributed by atoms with van der Waals surface area (Å²) in [5, 5.41) is 22.6. The van der Waals surface area contributed by atoms with E-state index in [9.17, 15) is 14.9 Å². The molecular weight excluding hydrogens is 248 g/mol. The Morgan fingerprint density at radius 3 is 2.26 bits per heavy atom. The first kappa shape index (κ1) is 12.6. The monoisotopic (exact) mass is 258 g/mol. The predicted octanol–water partition coefficient (Wildman–Crippen LogP) is 2.40. The number of benzene rings is 1. The first-order valence-corrected chi connectivity index (χ1v) is 5.41. The Bertz CT molecular complexity index is 668. The van der Waals surface area contributed by atoms with Gasteiger partial charge in [0.2, 0.25) is 5.43 Å². The molecule has 2 aromatic rings. The van der Waals surface area contributed by atoms with Gasteiger partial charge in [-0.25, -0.2) is 0 Å². The highest BCUT2D eigenvalue weighted by Gasteiger charge is 2.05. The maximum atomic E-state index is 11.7. The van der Waals surface area contributed by atoms with Gasteiger partial charge >= 0.3 is 0 Å². The molecular formula is C13H10N2O4. The van der Waals surface area contributed by atoms with E-state index in [1.165, 1.54) is 24.3 Å². The topological polar surface area (TPSA) is 92.5 Å². The fraction of sp³-hybridized carbons (Fsp3) is 0. The Hall–Kier alpha value is -2.89. The van der Waals surface area contributed by atoms with Gasteiger partial charge in [0.1, 0.15) is 5.75 Å². The van der Waals surface area contributed by atoms with Gasteiger partial charge in [-0.2, -0.15) is 0 Å². The van der Waals surface area contributed by atoms with Gasteiger partial charge in [0, 0.05) is 17.8 Å². The van der Waals surface area contributed by atoms with E-state index in [2.05, 4.69) is 5.32 Å². The molecule has 0 unspecified atom stereocenters. The van der Waals surface area contributed by atoms with Crippen LogP contribution < -0.4 is 10.7 Å². The van der Waals surface area contributed by atoms with Crippen LogP contribution in [0.3, 0.4) is 0 Å². The van der Waals surface area contributed by atoms with Crippen molar-refractivity contribution in [3.63, 3.8) is 0 Å². The summed E-state index contributed by atoms with van der Waals surface area (Å²) in [6, 6.07) is 11.0. The van der Waals surface area contributed by atoms with Crippen molar-refractivity contribution in [1.82, 2.24) is 0 Å². The number of rotatable bonds is 3. The molecule has 0 bridgehead atoms. The van der Waals surface area contributed by atoms with Crippen LogP contribution in [0.25, 0.3) is 0 Å². The number of aromatic hydroxyl groups is 1. The summed E-state index contributed by atoms with van der Waals surface area (Å²) in [6.07, 6.45) is 0. The number of anilines is 2. The summed E-state index contributed by atoms with van der Waals surface area (Å²) in [6.45, 7) is 0. The molecule has 6 nitrogen and oxygen atoms in total. The zero-order valence-electron chi connectivity index (χ0n) is 9.74. The average Bonchev–Trinajstić information content (AvgIpc) is 2.55. The van der Waals surface area contributed by atoms with Crippen LogP contribution in [-0.2, 0) is 0 Å². The highest BCUT2D eigenvalue weighted by Crippen LogP contribution is 2.17. The quantitative estimate of drug-likeness (QED) is 0.501. The van der Waals surface area contributed by atoms with Crippen LogP contribution in [0.1, 0.15) is 0 Å². The fourth-order valence-corrected chi connectivity index (χ4v) is 1.48. The van der Waals surface area contributed by atoms with Crippen molar-refractivity contribution in [1.29, 1.82) is 0 Å². The number of nitrogens with one attached hydrogen (secondary N) is 1. The van der Waals surface area contributed by atoms with Crippen molar-refractivity contribution in [2.45, 2.75) is 0 Å². The van der Waals surface area contributed by atoms with E-state index in [1.54, 1.807) is 12.1 Å². The molecule has 0 aliphatic heterocycles. The van der Waals surface area contributed by atoms with Crippen molar-refractivity contribution in [3.8, 4) is 5.75 Å². The van der Waals surface area contributed by atoms with E-state index in [1.807, 2.05) is 0 Å². The number of phenolic OH excluding ortho intramolecular Hbond substituents is 1. The summed E-state index contributed by atoms with van der Waals surface area (Å²) in [5.41, 5.74) is 0.305. The molecule has 2 rings (SSSR count). The maximum Gasteiger partial charge on any atom is 0.269 e. The minimum Gasteiger partial charge on any atom is -0.508 e. The minimum atomic E-state index is -0.566. The third kappa shape index (κ3) is 3.06. The smallest absolute Gasteiger partial charge is 0.269 e. The molecule has 2 aromatic carbocycles. The zero-order valence-corrected chi connectivity index (χ0v) is 9.74. The van der Waals surface area contributed by atoms with Gasteiger partial charge in [-0.3, -0.25) is 14.9 Å². The van der Waals surface area contributed by atoms with Gasteiger partial charge in [0.05, 0.1) is 10.6 Å². The lowest BCUT2D eigenvalue weighted by Gasteiger charge is -2.03. The predicted molar refractivity (Wildman–Crippen MR) is 70.8 cm³/mol. The number of nitrogens with zero attached hydrogens (tertiary/aromatic N) is 1. The molecule has 0 heterocycles. The number of hydrogen-bond donors (Lipinski definition) is 2. The van der Waals surface area contributed by atoms with Crippen LogP contribution in [0.4, 0.5) is 17.1 Å². The standard InChI is InChI=1S/C13H10N2O4/c16-11-5-1-9(2-6-11)14-12-7-3-10(15(18)19)4-8-13(12)17/h1-8,16H,(H,14,17). The van der Waals surface area contributed by atoms with E-state index < -0.39 is 4.92 Å². The number of nitro groups is 1. The Balaban J connectivity index is 2.35. The summed E-state index contributed by atoms with van der Waals surface area (Å²) >= 11 is 0. The number of phenols is 1. The van der Waals surface area contributed by atoms with Gasteiger partial charge in [0.15, 0.2) is 0 Å². The molecule has 6 heteroatoms. The number of hydrogen-bond acceptors (Lipinski definition) is 5. The highest BCUT2D eigenvalue weighted by molar-refractivity contribution is 5.60. The first-order valence-electron chi connectivity index (χ1n) is 5.41. The lowest BCUT2D eigenvalue weighted by atomic mass is 10.3. The van der Waals surface area contributed by atoms with E-state index in [-0.39, 0.29) is 22.6 Å². The van der Waals surface area contributed by atoms with Gasteiger partial charge in [0.25, 0.3) is 5.69 Å². The maximum absolute atomic E-state index is 11.7. The molecule has 0 aromatic heterocycles. The molecule has 0 fully saturated rings. The molecule has 96 valence electrons. The van der Waals surface area contributed by atoms with E-state index in [4.69, 9.17) is 5.11 Å². The van der Waals surface area contributed by atoms with Crippen LogP contribution in [-0.4, -0.2) is 10.0 Å². The summed E-state index contributed by atoms with van der Waals surface area (Å²) in [7, 11) is 0. The molecule has 0 amide bonds. The Morgan fingerprint density at radius 1 is 1.00 bits per heavy atom. The van der Waals surface area contributed by atoms with Crippen LogP contribution in [0.15, 0.2) is 53.3 Å². The van der Waals surface area contributed by atoms with Crippen LogP contribution in [0, 0.1) is 10.1 Å². The normalized spacial score (nSPS) is 9.89. The SMILES string of the molecule is O=c1ccc([N+](=O)[O-])ccc1Nc1ccc(O)cc1. The molecule has 0 spiro atoms. The molecule has 0 atom stereocenters. The zero-order chi connectivity index (χ0) is 13.8. The Labute approximate surface area is 108 Å². The minimum absolute atomic E-state index is 0.113. The average molecular weight is 258 g/mol. The molecule has 0 aliphatic rings. The highest BCUT2D eigenvalue weighted by atomic mass is 16.6. The summed E-state index contributed by atoms with van der Waals surface area (Å²) < 4.78 is 0. The van der Waals surface area contributed by atoms with Gasteiger partial charge in [-0.05, 0) is 36.4 Å². The van der Waals surface area contributed by atoms with Crippen molar-refractivity contribution in [2.24, 2.45) is 0 Å². The second-order valence-electron chi connectivity index (χ2n) is 3.80. The first-order chi connectivity index (χ1) is 9.06. The van der Waals surface area contributed by atoms with Crippen LogP contribution >= 0.6 is 0 Å². The second-order valence-corrected chi connectivity index (χ2v) is 3.80. The van der Waals surface area contributed by atoms with Crippen LogP contribution in [0.2, 0.25) is 0 Å². The fourth-order valence-electron chi connectivity index (χ4n) is 1.48. The molecule has 2 N–H and O–H groups in total. The van der Waals surface area contributed by atoms with Gasteiger partial charge in [-0.15, -0.1) is 0 Å². The van der Waals surface area contributed by atoms with Crippen molar-refractivity contribution >= 4 is 17.1 Å². The lowest BCUT2D eigenvalue weighted by Crippen LogP contribution is -2.03. The van der Waals surface area contributed by atoms with E-state index in [0.29, 0.717) is 5.69 Å². The molecule has 0 saturated carbocycles. The van der Waals surface area contributed by atoms with Crippen molar-refractivity contribution < 1.29 is 10.0 Å². The Kier molecular flexibility index (Phi) is 3.42. The third-order valence-corrected chi connectivity index (χ3v) is 2.45. The largest absolute Gasteiger partial charge is 0.508 e. The molecule has 0 saturated heterocycles. The Morgan fingerprint density at radius 2 is 1.63 bits per heavy atom. The van der Waals surface area contributed by atoms with Gasteiger partial charge < -0.3 is 10.4 Å². The van der Waals surface area contributed by atoms with Crippen LogP contribution in [0.5, 0.6) is 5.75 Å². The van der Waals surface area contributed by atoms with Gasteiger partial charge in [-0.1, -0.05) is 0 Å². The summed E-state index contributed by atoms with van der Waals surface area (Å²) in [4.78, 5) is 21.8. The van der Waals surface area contributed by atoms with Crippen molar-refractivity contribution in [2.75, 3.05) is 5.32 Å². The lowest BCUT2D eigenvalue weighted by molar-refractivity contribution is -0.384. The van der Waals surface area contributed by atoms with E-state index >= 15 is 0 Å². The third-order valence-electron chi connectivity index (χ3n) is 2.45. The second kappa shape index (κ2) is 5.18. The molecule has 0 radical (unpaired) electrons. The molecule has 19 heavy (non-hydrogen) atoms. The van der Waals surface area contributed by atoms with Crippen molar-refractivity contribution in [3.05, 3.63) is 68.9 Å². The molecule has 0 aliphatic carbocycles. The summed E-state index contributed by atoms with van der Waals surface area (Å²) in [5.74, 6) is 0.113. The van der Waals surface area contributed by atoms with E-state index in [0.717, 1.165) is 12.1 Å².